The van der Waals surface area contributed by atoms with E-state index in [1.54, 1.807) is 4.68 Å². The van der Waals surface area contributed by atoms with Crippen LogP contribution in [0.25, 0.3) is 0 Å². The minimum atomic E-state index is 0.131. The van der Waals surface area contributed by atoms with E-state index in [1.807, 2.05) is 7.05 Å². The lowest BCUT2D eigenvalue weighted by Gasteiger charge is -2.19. The van der Waals surface area contributed by atoms with Gasteiger partial charge in [-0.05, 0) is 36.1 Å². The first-order chi connectivity index (χ1) is 7.27. The summed E-state index contributed by atoms with van der Waals surface area (Å²) < 4.78 is 1.75. The summed E-state index contributed by atoms with van der Waals surface area (Å²) in [7, 11) is 1.88. The number of hydrogen-bond donors (Lipinski definition) is 1. The van der Waals surface area contributed by atoms with Gasteiger partial charge in [0, 0.05) is 19.0 Å². The summed E-state index contributed by atoms with van der Waals surface area (Å²) in [6.45, 7) is 0. The SMILES string of the molecule is Cn1nnnc1C1CCCC=CC(N)C1. The standard InChI is InChI=1S/C10H17N5/c1-15-10(12-13-14-15)8-5-3-2-4-6-9(11)7-8/h4,6,8-9H,2-3,5,7,11H2,1H3. The van der Waals surface area contributed by atoms with Gasteiger partial charge in [-0.1, -0.05) is 12.2 Å². The number of aromatic nitrogens is 4. The average Bonchev–Trinajstić information content (AvgIpc) is 2.58. The highest BCUT2D eigenvalue weighted by atomic mass is 15.5. The topological polar surface area (TPSA) is 69.6 Å². The fourth-order valence-corrected chi connectivity index (χ4v) is 2.09. The van der Waals surface area contributed by atoms with E-state index >= 15 is 0 Å². The molecule has 0 bridgehead atoms. The molecule has 0 saturated carbocycles. The molecule has 2 unspecified atom stereocenters. The van der Waals surface area contributed by atoms with Crippen molar-refractivity contribution in [1.29, 1.82) is 0 Å². The minimum Gasteiger partial charge on any atom is -0.324 e. The van der Waals surface area contributed by atoms with Crippen molar-refractivity contribution in [2.75, 3.05) is 0 Å². The molecule has 1 aliphatic carbocycles. The highest BCUT2D eigenvalue weighted by molar-refractivity contribution is 5.02. The summed E-state index contributed by atoms with van der Waals surface area (Å²) in [6.07, 6.45) is 8.61. The smallest absolute Gasteiger partial charge is 0.154 e. The molecule has 5 heteroatoms. The Morgan fingerprint density at radius 2 is 2.40 bits per heavy atom. The molecule has 0 aliphatic heterocycles. The van der Waals surface area contributed by atoms with E-state index < -0.39 is 0 Å². The summed E-state index contributed by atoms with van der Waals surface area (Å²) in [5, 5.41) is 11.6. The Bertz CT molecular complexity index is 343. The van der Waals surface area contributed by atoms with Crippen LogP contribution in [0.2, 0.25) is 0 Å². The fraction of sp³-hybridized carbons (Fsp3) is 0.700. The zero-order valence-electron chi connectivity index (χ0n) is 9.00. The van der Waals surface area contributed by atoms with E-state index in [0.29, 0.717) is 5.92 Å². The fourth-order valence-electron chi connectivity index (χ4n) is 2.09. The van der Waals surface area contributed by atoms with Crippen molar-refractivity contribution in [2.24, 2.45) is 12.8 Å². The largest absolute Gasteiger partial charge is 0.324 e. The second kappa shape index (κ2) is 4.53. The molecule has 2 rings (SSSR count). The van der Waals surface area contributed by atoms with Crippen LogP contribution in [0.15, 0.2) is 12.2 Å². The molecule has 82 valence electrons. The third-order valence-electron chi connectivity index (χ3n) is 2.88. The molecule has 2 atom stereocenters. The molecular formula is C10H17N5. The Hall–Kier alpha value is -1.23. The molecular weight excluding hydrogens is 190 g/mol. The Balaban J connectivity index is 2.14. The maximum absolute atomic E-state index is 5.99. The minimum absolute atomic E-state index is 0.131. The second-order valence-corrected chi connectivity index (χ2v) is 4.12. The zero-order valence-corrected chi connectivity index (χ0v) is 9.00. The van der Waals surface area contributed by atoms with Crippen LogP contribution in [-0.4, -0.2) is 26.2 Å². The first-order valence-corrected chi connectivity index (χ1v) is 5.42. The molecule has 0 spiro atoms. The van der Waals surface area contributed by atoms with Gasteiger partial charge in [-0.25, -0.2) is 4.68 Å². The van der Waals surface area contributed by atoms with Crippen LogP contribution in [0.1, 0.15) is 37.4 Å². The molecule has 1 heterocycles. The molecule has 0 radical (unpaired) electrons. The molecule has 1 aliphatic rings. The molecule has 1 aromatic rings. The molecule has 2 N–H and O–H groups in total. The van der Waals surface area contributed by atoms with Gasteiger partial charge < -0.3 is 5.73 Å². The van der Waals surface area contributed by atoms with Gasteiger partial charge in [0.05, 0.1) is 0 Å². The Labute approximate surface area is 89.3 Å². The normalized spacial score (nSPS) is 27.3. The summed E-state index contributed by atoms with van der Waals surface area (Å²) in [4.78, 5) is 0. The molecule has 0 fully saturated rings. The zero-order chi connectivity index (χ0) is 10.7. The Kier molecular flexibility index (Phi) is 3.11. The lowest BCUT2D eigenvalue weighted by Crippen LogP contribution is -2.23. The summed E-state index contributed by atoms with van der Waals surface area (Å²) in [6, 6.07) is 0.131. The van der Waals surface area contributed by atoms with Gasteiger partial charge in [0.25, 0.3) is 0 Å². The molecule has 5 nitrogen and oxygen atoms in total. The van der Waals surface area contributed by atoms with Crippen molar-refractivity contribution >= 4 is 0 Å². The number of aryl methyl sites for hydroxylation is 1. The predicted octanol–water partition coefficient (Wildman–Crippen LogP) is 0.751. The number of allylic oxidation sites excluding steroid dienone is 1. The van der Waals surface area contributed by atoms with Crippen LogP contribution in [0.3, 0.4) is 0 Å². The Morgan fingerprint density at radius 3 is 3.13 bits per heavy atom. The number of rotatable bonds is 1. The molecule has 15 heavy (non-hydrogen) atoms. The van der Waals surface area contributed by atoms with Crippen molar-refractivity contribution in [1.82, 2.24) is 20.2 Å². The van der Waals surface area contributed by atoms with Crippen LogP contribution in [0.5, 0.6) is 0 Å². The maximum atomic E-state index is 5.99. The van der Waals surface area contributed by atoms with Gasteiger partial charge in [0.2, 0.25) is 0 Å². The third-order valence-corrected chi connectivity index (χ3v) is 2.88. The van der Waals surface area contributed by atoms with Gasteiger partial charge in [-0.2, -0.15) is 0 Å². The van der Waals surface area contributed by atoms with Crippen molar-refractivity contribution in [3.05, 3.63) is 18.0 Å². The van der Waals surface area contributed by atoms with Gasteiger partial charge in [0.1, 0.15) is 0 Å². The molecule has 0 aromatic carbocycles. The third kappa shape index (κ3) is 2.41. The van der Waals surface area contributed by atoms with Crippen LogP contribution in [0.4, 0.5) is 0 Å². The summed E-state index contributed by atoms with van der Waals surface area (Å²) in [5.41, 5.74) is 5.99. The summed E-state index contributed by atoms with van der Waals surface area (Å²) in [5.74, 6) is 1.35. The quantitative estimate of drug-likeness (QED) is 0.690. The van der Waals surface area contributed by atoms with E-state index in [0.717, 1.165) is 25.1 Å². The van der Waals surface area contributed by atoms with Crippen molar-refractivity contribution in [2.45, 2.75) is 37.6 Å². The van der Waals surface area contributed by atoms with Crippen molar-refractivity contribution in [3.8, 4) is 0 Å². The van der Waals surface area contributed by atoms with Gasteiger partial charge in [0.15, 0.2) is 5.82 Å². The van der Waals surface area contributed by atoms with Crippen molar-refractivity contribution in [3.63, 3.8) is 0 Å². The lowest BCUT2D eigenvalue weighted by molar-refractivity contribution is 0.477. The summed E-state index contributed by atoms with van der Waals surface area (Å²) >= 11 is 0. The monoisotopic (exact) mass is 207 g/mol. The van der Waals surface area contributed by atoms with Crippen LogP contribution < -0.4 is 5.73 Å². The number of nitrogens with two attached hydrogens (primary N) is 1. The van der Waals surface area contributed by atoms with E-state index in [-0.39, 0.29) is 6.04 Å². The van der Waals surface area contributed by atoms with Crippen LogP contribution >= 0.6 is 0 Å². The Morgan fingerprint density at radius 1 is 1.53 bits per heavy atom. The van der Waals surface area contributed by atoms with E-state index in [2.05, 4.69) is 27.7 Å². The van der Waals surface area contributed by atoms with Gasteiger partial charge >= 0.3 is 0 Å². The van der Waals surface area contributed by atoms with E-state index in [1.165, 1.54) is 6.42 Å². The average molecular weight is 207 g/mol. The molecule has 0 saturated heterocycles. The highest BCUT2D eigenvalue weighted by Gasteiger charge is 2.20. The van der Waals surface area contributed by atoms with Gasteiger partial charge in [-0.3, -0.25) is 0 Å². The first-order valence-electron chi connectivity index (χ1n) is 5.42. The van der Waals surface area contributed by atoms with Crippen LogP contribution in [0, 0.1) is 0 Å². The van der Waals surface area contributed by atoms with E-state index in [9.17, 15) is 0 Å². The molecule has 0 amide bonds. The first kappa shape index (κ1) is 10.3. The number of tetrazole rings is 1. The van der Waals surface area contributed by atoms with E-state index in [4.69, 9.17) is 5.73 Å². The van der Waals surface area contributed by atoms with Crippen LogP contribution in [-0.2, 0) is 7.05 Å². The number of hydrogen-bond acceptors (Lipinski definition) is 4. The predicted molar refractivity (Wildman–Crippen MR) is 57.1 cm³/mol. The number of nitrogens with zero attached hydrogens (tertiary/aromatic N) is 4. The lowest BCUT2D eigenvalue weighted by atomic mass is 9.91. The second-order valence-electron chi connectivity index (χ2n) is 4.12. The van der Waals surface area contributed by atoms with Gasteiger partial charge in [-0.15, -0.1) is 5.10 Å². The van der Waals surface area contributed by atoms with Crippen molar-refractivity contribution < 1.29 is 0 Å². The maximum Gasteiger partial charge on any atom is 0.154 e. The highest BCUT2D eigenvalue weighted by Crippen LogP contribution is 2.26. The molecule has 1 aromatic heterocycles.